The number of carbonyl (C=O) groups excluding carboxylic acids is 1. The molecule has 3 rings (SSSR count). The third kappa shape index (κ3) is 3.87. The lowest BCUT2D eigenvalue weighted by Crippen LogP contribution is -2.28. The molecule has 0 unspecified atom stereocenters. The molecule has 5 nitrogen and oxygen atoms in total. The van der Waals surface area contributed by atoms with Crippen molar-refractivity contribution < 1.29 is 19.0 Å². The maximum absolute atomic E-state index is 11.9. The summed E-state index contributed by atoms with van der Waals surface area (Å²) in [5.74, 6) is 1.84. The first kappa shape index (κ1) is 15.5. The third-order valence-corrected chi connectivity index (χ3v) is 3.85. The zero-order chi connectivity index (χ0) is 16.2. The number of nitrogens with one attached hydrogen (secondary N) is 1. The summed E-state index contributed by atoms with van der Waals surface area (Å²) in [7, 11) is 0. The van der Waals surface area contributed by atoms with Crippen LogP contribution in [0.2, 0.25) is 5.02 Å². The van der Waals surface area contributed by atoms with E-state index in [1.807, 2.05) is 25.1 Å². The molecule has 0 saturated heterocycles. The van der Waals surface area contributed by atoms with Crippen molar-refractivity contribution in [1.29, 1.82) is 0 Å². The quantitative estimate of drug-likeness (QED) is 0.913. The molecule has 2 aromatic rings. The summed E-state index contributed by atoms with van der Waals surface area (Å²) in [6.45, 7) is 2.47. The predicted molar refractivity (Wildman–Crippen MR) is 86.1 cm³/mol. The third-order valence-electron chi connectivity index (χ3n) is 3.43. The van der Waals surface area contributed by atoms with E-state index in [-0.39, 0.29) is 19.3 Å². The van der Waals surface area contributed by atoms with Crippen molar-refractivity contribution in [3.05, 3.63) is 52.5 Å². The van der Waals surface area contributed by atoms with Crippen LogP contribution in [0, 0.1) is 6.92 Å². The molecule has 0 fully saturated rings. The van der Waals surface area contributed by atoms with Crippen LogP contribution in [0.15, 0.2) is 36.4 Å². The van der Waals surface area contributed by atoms with Crippen molar-refractivity contribution in [2.45, 2.75) is 13.5 Å². The smallest absolute Gasteiger partial charge is 0.258 e. The highest BCUT2D eigenvalue weighted by molar-refractivity contribution is 6.31. The summed E-state index contributed by atoms with van der Waals surface area (Å²) >= 11 is 5.95. The number of benzene rings is 2. The van der Waals surface area contributed by atoms with Gasteiger partial charge < -0.3 is 19.5 Å². The van der Waals surface area contributed by atoms with Crippen molar-refractivity contribution in [3.8, 4) is 17.2 Å². The van der Waals surface area contributed by atoms with E-state index >= 15 is 0 Å². The second-order valence-electron chi connectivity index (χ2n) is 5.16. The first-order chi connectivity index (χ1) is 11.1. The number of carbonyl (C=O) groups is 1. The number of fused-ring (bicyclic) bond motifs is 1. The first-order valence-electron chi connectivity index (χ1n) is 7.16. The van der Waals surface area contributed by atoms with Gasteiger partial charge in [-0.25, -0.2) is 0 Å². The van der Waals surface area contributed by atoms with E-state index in [1.54, 1.807) is 18.2 Å². The van der Waals surface area contributed by atoms with E-state index in [0.717, 1.165) is 16.9 Å². The van der Waals surface area contributed by atoms with Crippen LogP contribution in [-0.4, -0.2) is 19.3 Å². The maximum atomic E-state index is 11.9. The van der Waals surface area contributed by atoms with Crippen molar-refractivity contribution in [2.24, 2.45) is 0 Å². The highest BCUT2D eigenvalue weighted by atomic mass is 35.5. The molecule has 0 aromatic heterocycles. The minimum atomic E-state index is -0.199. The van der Waals surface area contributed by atoms with Gasteiger partial charge in [0.2, 0.25) is 6.79 Å². The van der Waals surface area contributed by atoms with Gasteiger partial charge in [-0.3, -0.25) is 4.79 Å². The summed E-state index contributed by atoms with van der Waals surface area (Å²) in [5, 5.41) is 3.47. The van der Waals surface area contributed by atoms with E-state index in [1.165, 1.54) is 0 Å². The molecule has 120 valence electrons. The summed E-state index contributed by atoms with van der Waals surface area (Å²) in [4.78, 5) is 11.9. The molecule has 1 amide bonds. The van der Waals surface area contributed by atoms with E-state index in [4.69, 9.17) is 25.8 Å². The van der Waals surface area contributed by atoms with Crippen LogP contribution < -0.4 is 19.5 Å². The standard InChI is InChI=1S/C17H16ClNO4/c1-11-6-13(3-4-14(11)18)21-9-17(20)19-8-12-2-5-15-16(7-12)23-10-22-15/h2-7H,8-10H2,1H3,(H,19,20). The van der Waals surface area contributed by atoms with Crippen LogP contribution in [0.3, 0.4) is 0 Å². The monoisotopic (exact) mass is 333 g/mol. The molecule has 2 aromatic carbocycles. The van der Waals surface area contributed by atoms with Gasteiger partial charge >= 0.3 is 0 Å². The molecule has 1 heterocycles. The SMILES string of the molecule is Cc1cc(OCC(=O)NCc2ccc3c(c2)OCO3)ccc1Cl. The van der Waals surface area contributed by atoms with E-state index in [0.29, 0.717) is 23.1 Å². The summed E-state index contributed by atoms with van der Waals surface area (Å²) in [6.07, 6.45) is 0. The Morgan fingerprint density at radius 3 is 2.87 bits per heavy atom. The molecule has 1 aliphatic heterocycles. The Morgan fingerprint density at radius 2 is 2.04 bits per heavy atom. The molecule has 0 aliphatic carbocycles. The van der Waals surface area contributed by atoms with Crippen LogP contribution in [-0.2, 0) is 11.3 Å². The summed E-state index contributed by atoms with van der Waals surface area (Å²) in [5.41, 5.74) is 1.84. The lowest BCUT2D eigenvalue weighted by atomic mass is 10.2. The zero-order valence-corrected chi connectivity index (χ0v) is 13.4. The molecule has 23 heavy (non-hydrogen) atoms. The fourth-order valence-corrected chi connectivity index (χ4v) is 2.28. The number of rotatable bonds is 5. The molecule has 0 radical (unpaired) electrons. The molecule has 1 aliphatic rings. The fourth-order valence-electron chi connectivity index (χ4n) is 2.16. The normalized spacial score (nSPS) is 12.1. The molecular weight excluding hydrogens is 318 g/mol. The van der Waals surface area contributed by atoms with Gasteiger partial charge in [0.25, 0.3) is 5.91 Å². The van der Waals surface area contributed by atoms with Gasteiger partial charge in [0.1, 0.15) is 5.75 Å². The predicted octanol–water partition coefficient (Wildman–Crippen LogP) is 3.07. The Balaban J connectivity index is 1.48. The Hall–Kier alpha value is -2.40. The first-order valence-corrected chi connectivity index (χ1v) is 7.54. The Labute approximate surface area is 139 Å². The molecule has 0 saturated carbocycles. The molecular formula is C17H16ClNO4. The summed E-state index contributed by atoms with van der Waals surface area (Å²) < 4.78 is 16.0. The second kappa shape index (κ2) is 6.79. The largest absolute Gasteiger partial charge is 0.484 e. The van der Waals surface area contributed by atoms with Gasteiger partial charge in [-0.2, -0.15) is 0 Å². The second-order valence-corrected chi connectivity index (χ2v) is 5.57. The number of ether oxygens (including phenoxy) is 3. The molecule has 0 atom stereocenters. The van der Waals surface area contributed by atoms with Gasteiger partial charge in [-0.1, -0.05) is 17.7 Å². The van der Waals surface area contributed by atoms with Crippen LogP contribution in [0.1, 0.15) is 11.1 Å². The minimum Gasteiger partial charge on any atom is -0.484 e. The summed E-state index contributed by atoms with van der Waals surface area (Å²) in [6, 6.07) is 10.9. The van der Waals surface area contributed by atoms with Crippen LogP contribution in [0.5, 0.6) is 17.2 Å². The van der Waals surface area contributed by atoms with Gasteiger partial charge in [0, 0.05) is 11.6 Å². The van der Waals surface area contributed by atoms with Gasteiger partial charge in [-0.15, -0.1) is 0 Å². The lowest BCUT2D eigenvalue weighted by Gasteiger charge is -2.09. The van der Waals surface area contributed by atoms with Crippen molar-refractivity contribution in [1.82, 2.24) is 5.32 Å². The maximum Gasteiger partial charge on any atom is 0.258 e. The highest BCUT2D eigenvalue weighted by Gasteiger charge is 2.13. The number of hydrogen-bond acceptors (Lipinski definition) is 4. The Kier molecular flexibility index (Phi) is 4.57. The van der Waals surface area contributed by atoms with E-state index < -0.39 is 0 Å². The zero-order valence-electron chi connectivity index (χ0n) is 12.6. The van der Waals surface area contributed by atoms with Gasteiger partial charge in [-0.05, 0) is 48.4 Å². The van der Waals surface area contributed by atoms with Crippen molar-refractivity contribution in [2.75, 3.05) is 13.4 Å². The topological polar surface area (TPSA) is 56.8 Å². The average molecular weight is 334 g/mol. The van der Waals surface area contributed by atoms with Gasteiger partial charge in [0.15, 0.2) is 18.1 Å². The van der Waals surface area contributed by atoms with Crippen molar-refractivity contribution in [3.63, 3.8) is 0 Å². The molecule has 0 spiro atoms. The minimum absolute atomic E-state index is 0.0500. The van der Waals surface area contributed by atoms with Crippen LogP contribution in [0.25, 0.3) is 0 Å². The fraction of sp³-hybridized carbons (Fsp3) is 0.235. The van der Waals surface area contributed by atoms with E-state index in [9.17, 15) is 4.79 Å². The lowest BCUT2D eigenvalue weighted by molar-refractivity contribution is -0.123. The van der Waals surface area contributed by atoms with E-state index in [2.05, 4.69) is 5.32 Å². The highest BCUT2D eigenvalue weighted by Crippen LogP contribution is 2.32. The molecule has 1 N–H and O–H groups in total. The number of aryl methyl sites for hydroxylation is 1. The Bertz CT molecular complexity index is 733. The number of halogens is 1. The number of hydrogen-bond donors (Lipinski definition) is 1. The Morgan fingerprint density at radius 1 is 1.22 bits per heavy atom. The number of amides is 1. The van der Waals surface area contributed by atoms with Crippen LogP contribution in [0.4, 0.5) is 0 Å². The molecule has 0 bridgehead atoms. The van der Waals surface area contributed by atoms with Crippen molar-refractivity contribution >= 4 is 17.5 Å². The average Bonchev–Trinajstić information content (AvgIpc) is 3.01. The molecule has 6 heteroatoms. The van der Waals surface area contributed by atoms with Gasteiger partial charge in [0.05, 0.1) is 0 Å². The van der Waals surface area contributed by atoms with Crippen LogP contribution >= 0.6 is 11.6 Å².